The van der Waals surface area contributed by atoms with Gasteiger partial charge in [-0.3, -0.25) is 19.7 Å². The molecule has 0 bridgehead atoms. The van der Waals surface area contributed by atoms with Gasteiger partial charge in [-0.2, -0.15) is 5.10 Å². The minimum absolute atomic E-state index is 0.0627. The predicted octanol–water partition coefficient (Wildman–Crippen LogP) is 6.31. The summed E-state index contributed by atoms with van der Waals surface area (Å²) in [5.74, 6) is 0.653. The van der Waals surface area contributed by atoms with Gasteiger partial charge in [-0.25, -0.2) is 9.97 Å². The van der Waals surface area contributed by atoms with Gasteiger partial charge in [-0.1, -0.05) is 45.6 Å². The van der Waals surface area contributed by atoms with E-state index in [1.54, 1.807) is 18.6 Å². The van der Waals surface area contributed by atoms with E-state index in [2.05, 4.69) is 30.5 Å². The summed E-state index contributed by atoms with van der Waals surface area (Å²) in [4.78, 5) is 42.7. The molecule has 0 spiro atoms. The summed E-state index contributed by atoms with van der Waals surface area (Å²) in [6, 6.07) is 9.61. The molecule has 1 aromatic carbocycles. The number of carbonyl (C=O) groups excluding carboxylic acids is 2. The maximum Gasteiger partial charge on any atom is 0.226 e. The zero-order valence-corrected chi connectivity index (χ0v) is 22.1. The number of aromatic nitrogens is 6. The third-order valence-corrected chi connectivity index (χ3v) is 7.51. The number of amides is 1. The minimum atomic E-state index is -0.132. The second-order valence-corrected chi connectivity index (χ2v) is 10.6. The molecule has 0 radical (unpaired) electrons. The molecule has 4 heterocycles. The maximum absolute atomic E-state index is 13.5. The highest BCUT2D eigenvalue weighted by molar-refractivity contribution is 6.08. The molecule has 0 saturated heterocycles. The average molecular weight is 522 g/mol. The first-order valence-corrected chi connectivity index (χ1v) is 13.6. The van der Waals surface area contributed by atoms with Crippen molar-refractivity contribution in [3.05, 3.63) is 54.5 Å². The lowest BCUT2D eigenvalue weighted by Gasteiger charge is -2.12. The van der Waals surface area contributed by atoms with Crippen LogP contribution in [0.25, 0.3) is 44.7 Å². The molecule has 198 valence electrons. The fraction of sp³-hybridized carbons (Fsp3) is 0.333. The normalized spacial score (nSPS) is 14.6. The predicted molar refractivity (Wildman–Crippen MR) is 151 cm³/mol. The second kappa shape index (κ2) is 10.4. The van der Waals surface area contributed by atoms with Crippen LogP contribution in [-0.2, 0) is 4.79 Å². The van der Waals surface area contributed by atoms with Crippen molar-refractivity contribution in [1.82, 2.24) is 30.1 Å². The first kappa shape index (κ1) is 24.9. The summed E-state index contributed by atoms with van der Waals surface area (Å²) in [6.07, 6.45) is 11.6. The topological polar surface area (TPSA) is 129 Å². The van der Waals surface area contributed by atoms with Crippen molar-refractivity contribution in [2.45, 2.75) is 52.4 Å². The Morgan fingerprint density at radius 3 is 2.59 bits per heavy atom. The summed E-state index contributed by atoms with van der Waals surface area (Å²) in [5.41, 5.74) is 5.71. The molecule has 1 fully saturated rings. The number of nitrogens with one attached hydrogen (secondary N) is 3. The Bertz CT molecular complexity index is 1680. The maximum atomic E-state index is 13.5. The van der Waals surface area contributed by atoms with Crippen molar-refractivity contribution in [2.24, 2.45) is 11.8 Å². The molecule has 9 heteroatoms. The number of benzene rings is 1. The van der Waals surface area contributed by atoms with Crippen LogP contribution in [-0.4, -0.2) is 41.8 Å². The Balaban J connectivity index is 1.36. The number of carbonyl (C=O) groups is 2. The Kier molecular flexibility index (Phi) is 6.64. The highest BCUT2D eigenvalue weighted by Crippen LogP contribution is 2.32. The van der Waals surface area contributed by atoms with Crippen LogP contribution in [0.2, 0.25) is 0 Å². The number of imidazole rings is 1. The van der Waals surface area contributed by atoms with E-state index in [9.17, 15) is 9.59 Å². The third-order valence-electron chi connectivity index (χ3n) is 7.51. The van der Waals surface area contributed by atoms with E-state index < -0.39 is 0 Å². The molecule has 1 saturated carbocycles. The summed E-state index contributed by atoms with van der Waals surface area (Å²) < 4.78 is 0. The van der Waals surface area contributed by atoms with Gasteiger partial charge in [0.2, 0.25) is 5.91 Å². The van der Waals surface area contributed by atoms with Crippen molar-refractivity contribution < 1.29 is 9.59 Å². The third kappa shape index (κ3) is 4.92. The number of hydrogen-bond donors (Lipinski definition) is 3. The molecule has 0 unspecified atom stereocenters. The molecule has 9 nitrogen and oxygen atoms in total. The number of nitrogens with zero attached hydrogens (tertiary/aromatic N) is 4. The van der Waals surface area contributed by atoms with Gasteiger partial charge >= 0.3 is 0 Å². The lowest BCUT2D eigenvalue weighted by Crippen LogP contribution is -2.17. The Hall–Kier alpha value is -4.40. The van der Waals surface area contributed by atoms with Crippen molar-refractivity contribution in [1.29, 1.82) is 0 Å². The molecule has 3 N–H and O–H groups in total. The monoisotopic (exact) mass is 521 g/mol. The number of rotatable bonds is 6. The Labute approximate surface area is 225 Å². The minimum Gasteiger partial charge on any atom is -0.337 e. The van der Waals surface area contributed by atoms with Crippen molar-refractivity contribution in [2.75, 3.05) is 5.32 Å². The second-order valence-electron chi connectivity index (χ2n) is 10.6. The lowest BCUT2D eigenvalue weighted by atomic mass is 9.90. The number of fused-ring (bicyclic) bond motifs is 2. The van der Waals surface area contributed by atoms with E-state index in [1.165, 1.54) is 12.8 Å². The van der Waals surface area contributed by atoms with E-state index in [1.807, 2.05) is 44.2 Å². The van der Waals surface area contributed by atoms with Crippen molar-refractivity contribution in [3.63, 3.8) is 0 Å². The first-order chi connectivity index (χ1) is 19.0. The SMILES string of the molecule is CC(C)C(=O)Nc1cncc(-c2cnc3n[nH]c(-c4nc5c(C(=O)C6CCCCCC6)cccc5[nH]4)c3c2)c1. The average Bonchev–Trinajstić information content (AvgIpc) is 3.47. The van der Waals surface area contributed by atoms with Crippen LogP contribution in [0.1, 0.15) is 62.7 Å². The highest BCUT2D eigenvalue weighted by Gasteiger charge is 2.24. The Morgan fingerprint density at radius 1 is 1.00 bits per heavy atom. The molecule has 0 aliphatic heterocycles. The van der Waals surface area contributed by atoms with Gasteiger partial charge < -0.3 is 10.3 Å². The summed E-state index contributed by atoms with van der Waals surface area (Å²) in [7, 11) is 0. The van der Waals surface area contributed by atoms with Crippen molar-refractivity contribution >= 4 is 39.4 Å². The van der Waals surface area contributed by atoms with Gasteiger partial charge in [0.25, 0.3) is 0 Å². The largest absolute Gasteiger partial charge is 0.337 e. The number of H-pyrrole nitrogens is 2. The van der Waals surface area contributed by atoms with Crippen LogP contribution in [0.4, 0.5) is 5.69 Å². The number of pyridine rings is 2. The summed E-state index contributed by atoms with van der Waals surface area (Å²) in [5, 5.41) is 11.1. The smallest absolute Gasteiger partial charge is 0.226 e. The molecule has 1 amide bonds. The quantitative estimate of drug-likeness (QED) is 0.177. The zero-order valence-electron chi connectivity index (χ0n) is 22.1. The fourth-order valence-electron chi connectivity index (χ4n) is 5.30. The molecular weight excluding hydrogens is 490 g/mol. The molecule has 4 aromatic heterocycles. The number of anilines is 1. The van der Waals surface area contributed by atoms with Gasteiger partial charge in [-0.05, 0) is 37.1 Å². The summed E-state index contributed by atoms with van der Waals surface area (Å²) in [6.45, 7) is 3.69. The Morgan fingerprint density at radius 2 is 1.79 bits per heavy atom. The highest BCUT2D eigenvalue weighted by atomic mass is 16.1. The molecule has 0 atom stereocenters. The number of ketones is 1. The van der Waals surface area contributed by atoms with Gasteiger partial charge in [0.1, 0.15) is 5.69 Å². The van der Waals surface area contributed by atoms with Gasteiger partial charge in [-0.15, -0.1) is 0 Å². The summed E-state index contributed by atoms with van der Waals surface area (Å²) >= 11 is 0. The van der Waals surface area contributed by atoms with E-state index in [0.29, 0.717) is 33.9 Å². The van der Waals surface area contributed by atoms with E-state index in [4.69, 9.17) is 4.98 Å². The number of hydrogen-bond acceptors (Lipinski definition) is 6. The molecule has 1 aliphatic rings. The van der Waals surface area contributed by atoms with Gasteiger partial charge in [0, 0.05) is 40.9 Å². The van der Waals surface area contributed by atoms with Crippen LogP contribution >= 0.6 is 0 Å². The number of para-hydroxylation sites is 1. The molecule has 5 aromatic rings. The van der Waals surface area contributed by atoms with E-state index in [-0.39, 0.29) is 23.5 Å². The van der Waals surface area contributed by atoms with Crippen molar-refractivity contribution in [3.8, 4) is 22.6 Å². The van der Waals surface area contributed by atoms with Crippen LogP contribution in [0.5, 0.6) is 0 Å². The zero-order chi connectivity index (χ0) is 26.9. The van der Waals surface area contributed by atoms with Crippen LogP contribution in [0.3, 0.4) is 0 Å². The van der Waals surface area contributed by atoms with Gasteiger partial charge in [0.05, 0.1) is 28.3 Å². The standard InChI is InChI=1S/C30H31N7O2/c1-17(2)30(39)33-21-12-19(14-31-16-21)20-13-23-26(36-37-28(23)32-15-20)29-34-24-11-7-10-22(25(24)35-29)27(38)18-8-5-3-4-6-9-18/h7,10-18H,3-6,8-9H2,1-2H3,(H,33,39)(H,34,35)(H,32,36,37). The number of aromatic amines is 2. The molecule has 6 rings (SSSR count). The van der Waals surface area contributed by atoms with Gasteiger partial charge in [0.15, 0.2) is 17.3 Å². The van der Waals surface area contributed by atoms with E-state index >= 15 is 0 Å². The van der Waals surface area contributed by atoms with Crippen LogP contribution in [0.15, 0.2) is 48.9 Å². The fourth-order valence-corrected chi connectivity index (χ4v) is 5.30. The number of Topliss-reactive ketones (excluding diaryl/α,β-unsaturated/α-hetero) is 1. The molecule has 1 aliphatic carbocycles. The van der Waals surface area contributed by atoms with E-state index in [0.717, 1.165) is 47.7 Å². The van der Waals surface area contributed by atoms with Crippen LogP contribution in [0, 0.1) is 11.8 Å². The first-order valence-electron chi connectivity index (χ1n) is 13.6. The molecule has 39 heavy (non-hydrogen) atoms. The molecular formula is C30H31N7O2. The lowest BCUT2D eigenvalue weighted by molar-refractivity contribution is -0.118. The van der Waals surface area contributed by atoms with Crippen LogP contribution < -0.4 is 5.32 Å².